The smallest absolute Gasteiger partial charge is 0.322 e. The molecule has 1 aliphatic rings. The molecule has 3 amide bonds. The van der Waals surface area contributed by atoms with Crippen molar-refractivity contribution in [2.75, 3.05) is 23.3 Å². The van der Waals surface area contributed by atoms with Gasteiger partial charge in [-0.2, -0.15) is 13.2 Å². The van der Waals surface area contributed by atoms with Crippen LogP contribution in [0.5, 0.6) is 0 Å². The fraction of sp³-hybridized carbons (Fsp3) is 0.200. The number of urea groups is 1. The van der Waals surface area contributed by atoms with Crippen molar-refractivity contribution in [2.45, 2.75) is 19.1 Å². The summed E-state index contributed by atoms with van der Waals surface area (Å²) in [5.41, 5.74) is 0.138. The van der Waals surface area contributed by atoms with Crippen molar-refractivity contribution in [3.05, 3.63) is 95.1 Å². The van der Waals surface area contributed by atoms with E-state index < -0.39 is 29.3 Å². The molecule has 0 unspecified atom stereocenters. The molecule has 10 heteroatoms. The first-order chi connectivity index (χ1) is 16.6. The summed E-state index contributed by atoms with van der Waals surface area (Å²) in [6.07, 6.45) is -3.95. The highest BCUT2D eigenvalue weighted by Crippen LogP contribution is 2.30. The Bertz CT molecular complexity index is 1260. The van der Waals surface area contributed by atoms with Gasteiger partial charge in [-0.05, 0) is 60.5 Å². The zero-order valence-electron chi connectivity index (χ0n) is 18.3. The van der Waals surface area contributed by atoms with Gasteiger partial charge in [0.25, 0.3) is 5.91 Å². The third kappa shape index (κ3) is 5.59. The van der Waals surface area contributed by atoms with E-state index in [0.29, 0.717) is 36.4 Å². The van der Waals surface area contributed by atoms with Crippen LogP contribution in [-0.4, -0.2) is 29.9 Å². The fourth-order valence-corrected chi connectivity index (χ4v) is 3.82. The first kappa shape index (κ1) is 24.2. The van der Waals surface area contributed by atoms with Gasteiger partial charge in [0, 0.05) is 36.6 Å². The highest BCUT2D eigenvalue weighted by atomic mass is 19.4. The second-order valence-electron chi connectivity index (χ2n) is 8.04. The van der Waals surface area contributed by atoms with Gasteiger partial charge in [0.05, 0.1) is 5.56 Å². The molecule has 1 N–H and O–H groups in total. The van der Waals surface area contributed by atoms with Gasteiger partial charge in [-0.1, -0.05) is 18.2 Å². The van der Waals surface area contributed by atoms with Gasteiger partial charge in [0.15, 0.2) is 11.6 Å². The second-order valence-corrected chi connectivity index (χ2v) is 8.04. The lowest BCUT2D eigenvalue weighted by molar-refractivity contribution is -0.137. The summed E-state index contributed by atoms with van der Waals surface area (Å²) in [7, 11) is 0. The minimum absolute atomic E-state index is 0.0957. The molecule has 0 saturated carbocycles. The monoisotopic (exact) mass is 489 g/mol. The van der Waals surface area contributed by atoms with E-state index in [1.54, 1.807) is 24.3 Å². The van der Waals surface area contributed by atoms with Crippen LogP contribution in [0.2, 0.25) is 0 Å². The number of carbonyl (C=O) groups excluding carboxylic acids is 2. The lowest BCUT2D eigenvalue weighted by Crippen LogP contribution is -2.49. The number of nitrogens with one attached hydrogen (secondary N) is 1. The van der Waals surface area contributed by atoms with E-state index in [0.717, 1.165) is 30.3 Å². The van der Waals surface area contributed by atoms with E-state index in [4.69, 9.17) is 0 Å². The van der Waals surface area contributed by atoms with Crippen molar-refractivity contribution in [1.29, 1.82) is 0 Å². The van der Waals surface area contributed by atoms with Gasteiger partial charge in [-0.15, -0.1) is 0 Å². The SMILES string of the molecule is O=C(Nc1cccc(N2CCCN(Cc3ccc(F)c(F)c3)C2=O)c1)c1cccc(C(F)(F)F)c1. The van der Waals surface area contributed by atoms with E-state index in [2.05, 4.69) is 5.32 Å². The molecule has 1 saturated heterocycles. The summed E-state index contributed by atoms with van der Waals surface area (Å²) < 4.78 is 65.6. The molecule has 3 aromatic rings. The molecule has 182 valence electrons. The van der Waals surface area contributed by atoms with Crippen LogP contribution in [0.25, 0.3) is 0 Å². The average molecular weight is 489 g/mol. The predicted molar refractivity (Wildman–Crippen MR) is 120 cm³/mol. The largest absolute Gasteiger partial charge is 0.416 e. The van der Waals surface area contributed by atoms with E-state index in [9.17, 15) is 31.5 Å². The molecule has 1 fully saturated rings. The number of alkyl halides is 3. The first-order valence-electron chi connectivity index (χ1n) is 10.7. The molecule has 0 aliphatic carbocycles. The van der Waals surface area contributed by atoms with Crippen molar-refractivity contribution in [3.8, 4) is 0 Å². The number of hydrogen-bond acceptors (Lipinski definition) is 2. The summed E-state index contributed by atoms with van der Waals surface area (Å²) >= 11 is 0. The molecule has 0 bridgehead atoms. The van der Waals surface area contributed by atoms with Gasteiger partial charge >= 0.3 is 12.2 Å². The number of anilines is 2. The third-order valence-corrected chi connectivity index (χ3v) is 5.54. The minimum atomic E-state index is -4.57. The number of rotatable bonds is 5. The van der Waals surface area contributed by atoms with Crippen LogP contribution >= 0.6 is 0 Å². The van der Waals surface area contributed by atoms with Gasteiger partial charge in [-0.3, -0.25) is 9.69 Å². The van der Waals surface area contributed by atoms with Crippen LogP contribution in [0, 0.1) is 11.6 Å². The number of benzene rings is 3. The molecule has 0 atom stereocenters. The molecule has 0 aromatic heterocycles. The summed E-state index contributed by atoms with van der Waals surface area (Å²) in [5.74, 6) is -2.68. The van der Waals surface area contributed by atoms with Crippen LogP contribution in [0.1, 0.15) is 27.9 Å². The van der Waals surface area contributed by atoms with Crippen LogP contribution in [0.3, 0.4) is 0 Å². The maximum absolute atomic E-state index is 13.5. The van der Waals surface area contributed by atoms with Crippen molar-refractivity contribution >= 4 is 23.3 Å². The quantitative estimate of drug-likeness (QED) is 0.443. The molecule has 35 heavy (non-hydrogen) atoms. The lowest BCUT2D eigenvalue weighted by atomic mass is 10.1. The van der Waals surface area contributed by atoms with Gasteiger partial charge < -0.3 is 10.2 Å². The van der Waals surface area contributed by atoms with Crippen LogP contribution < -0.4 is 10.2 Å². The highest BCUT2D eigenvalue weighted by Gasteiger charge is 2.31. The Morgan fingerprint density at radius 1 is 0.914 bits per heavy atom. The lowest BCUT2D eigenvalue weighted by Gasteiger charge is -2.36. The molecule has 1 aliphatic heterocycles. The van der Waals surface area contributed by atoms with Gasteiger partial charge in [0.2, 0.25) is 0 Å². The standard InChI is InChI=1S/C25H20F5N3O2/c26-21-9-8-16(12-22(21)27)15-32-10-3-11-33(24(32)35)20-7-2-6-19(14-20)31-23(34)17-4-1-5-18(13-17)25(28,29)30/h1-2,4-9,12-14H,3,10-11,15H2,(H,31,34). The first-order valence-corrected chi connectivity index (χ1v) is 10.7. The van der Waals surface area contributed by atoms with E-state index in [1.165, 1.54) is 21.9 Å². The summed E-state index contributed by atoms with van der Waals surface area (Å²) in [4.78, 5) is 28.6. The van der Waals surface area contributed by atoms with Gasteiger partial charge in [-0.25, -0.2) is 13.6 Å². The Morgan fingerprint density at radius 3 is 2.43 bits per heavy atom. The Hall–Kier alpha value is -3.95. The van der Waals surface area contributed by atoms with E-state index in [-0.39, 0.29) is 18.1 Å². The molecule has 4 rings (SSSR count). The van der Waals surface area contributed by atoms with Crippen LogP contribution in [-0.2, 0) is 12.7 Å². The normalized spacial score (nSPS) is 14.3. The number of nitrogens with zero attached hydrogens (tertiary/aromatic N) is 2. The molecular weight excluding hydrogens is 469 g/mol. The highest BCUT2D eigenvalue weighted by molar-refractivity contribution is 6.05. The Balaban J connectivity index is 1.48. The topological polar surface area (TPSA) is 52.7 Å². The summed E-state index contributed by atoms with van der Waals surface area (Å²) in [6, 6.07) is 13.6. The summed E-state index contributed by atoms with van der Waals surface area (Å²) in [5, 5.41) is 2.56. The van der Waals surface area contributed by atoms with Crippen molar-refractivity contribution in [3.63, 3.8) is 0 Å². The average Bonchev–Trinajstić information content (AvgIpc) is 2.82. The number of hydrogen-bond donors (Lipinski definition) is 1. The van der Waals surface area contributed by atoms with Gasteiger partial charge in [0.1, 0.15) is 0 Å². The third-order valence-electron chi connectivity index (χ3n) is 5.54. The predicted octanol–water partition coefficient (Wildman–Crippen LogP) is 6.07. The second kappa shape index (κ2) is 9.73. The molecule has 5 nitrogen and oxygen atoms in total. The maximum atomic E-state index is 13.5. The van der Waals surface area contributed by atoms with Crippen molar-refractivity contribution < 1.29 is 31.5 Å². The van der Waals surface area contributed by atoms with E-state index in [1.807, 2.05) is 0 Å². The molecular formula is C25H20F5N3O2. The number of halogens is 5. The Kier molecular flexibility index (Phi) is 6.72. The number of carbonyl (C=O) groups is 2. The minimum Gasteiger partial charge on any atom is -0.322 e. The maximum Gasteiger partial charge on any atom is 0.416 e. The fourth-order valence-electron chi connectivity index (χ4n) is 3.82. The molecule has 0 spiro atoms. The van der Waals surface area contributed by atoms with Crippen molar-refractivity contribution in [2.24, 2.45) is 0 Å². The van der Waals surface area contributed by atoms with E-state index >= 15 is 0 Å². The van der Waals surface area contributed by atoms with Crippen molar-refractivity contribution in [1.82, 2.24) is 4.90 Å². The van der Waals surface area contributed by atoms with Crippen LogP contribution in [0.15, 0.2) is 66.7 Å². The summed E-state index contributed by atoms with van der Waals surface area (Å²) in [6.45, 7) is 0.928. The number of amides is 3. The molecule has 3 aromatic carbocycles. The zero-order valence-corrected chi connectivity index (χ0v) is 18.3. The molecule has 0 radical (unpaired) electrons. The Labute approximate surface area is 197 Å². The zero-order chi connectivity index (χ0) is 25.2. The molecule has 1 heterocycles. The Morgan fingerprint density at radius 2 is 1.69 bits per heavy atom. The van der Waals surface area contributed by atoms with Crippen LogP contribution in [0.4, 0.5) is 38.1 Å².